The number of hydrogen-bond acceptors (Lipinski definition) is 2. The molecule has 88 valence electrons. The van der Waals surface area contributed by atoms with E-state index < -0.39 is 5.97 Å². The summed E-state index contributed by atoms with van der Waals surface area (Å²) in [7, 11) is 4.11. The first-order valence-corrected chi connectivity index (χ1v) is 5.52. The Morgan fingerprint density at radius 2 is 1.62 bits per heavy atom. The van der Waals surface area contributed by atoms with Gasteiger partial charge in [-0.15, -0.1) is 0 Å². The van der Waals surface area contributed by atoms with Crippen LogP contribution in [-0.4, -0.2) is 36.6 Å². The van der Waals surface area contributed by atoms with E-state index in [4.69, 9.17) is 5.11 Å². The maximum atomic E-state index is 10.4. The number of carbonyl (C=O) groups is 1. The highest BCUT2D eigenvalue weighted by Crippen LogP contribution is 2.07. The summed E-state index contributed by atoms with van der Waals surface area (Å²) in [6.45, 7) is 1.04. The lowest BCUT2D eigenvalue weighted by Gasteiger charge is -2.09. The zero-order chi connectivity index (χ0) is 12.0. The minimum absolute atomic E-state index is 0.205. The molecule has 1 aromatic carbocycles. The Hall–Kier alpha value is -1.35. The predicted octanol–water partition coefficient (Wildman–Crippen LogP) is 1.81. The fraction of sp³-hybridized carbons (Fsp3) is 0.462. The molecule has 0 spiro atoms. The van der Waals surface area contributed by atoms with Gasteiger partial charge in [0.25, 0.3) is 0 Å². The third-order valence-electron chi connectivity index (χ3n) is 2.50. The first-order chi connectivity index (χ1) is 7.58. The summed E-state index contributed by atoms with van der Waals surface area (Å²) in [5.74, 6) is -0.739. The monoisotopic (exact) mass is 221 g/mol. The van der Waals surface area contributed by atoms with Gasteiger partial charge in [0.15, 0.2) is 0 Å². The standard InChI is InChI=1S/C13H19NO2/c1-14(2)10-9-12-5-3-11(4-6-12)7-8-13(15)16/h3-6H,7-10H2,1-2H3,(H,15,16). The normalized spacial score (nSPS) is 10.7. The fourth-order valence-electron chi connectivity index (χ4n) is 1.48. The third-order valence-corrected chi connectivity index (χ3v) is 2.50. The number of carboxylic acid groups (broad SMARTS) is 1. The van der Waals surface area contributed by atoms with Crippen LogP contribution < -0.4 is 0 Å². The molecule has 0 saturated carbocycles. The molecule has 0 radical (unpaired) electrons. The molecule has 0 bridgehead atoms. The molecular weight excluding hydrogens is 202 g/mol. The second-order valence-corrected chi connectivity index (χ2v) is 4.26. The number of aryl methyl sites for hydroxylation is 1. The van der Waals surface area contributed by atoms with E-state index in [1.165, 1.54) is 5.56 Å². The van der Waals surface area contributed by atoms with Crippen LogP contribution in [0.2, 0.25) is 0 Å². The number of aliphatic carboxylic acids is 1. The van der Waals surface area contributed by atoms with E-state index in [1.54, 1.807) is 0 Å². The van der Waals surface area contributed by atoms with Gasteiger partial charge in [-0.2, -0.15) is 0 Å². The zero-order valence-corrected chi connectivity index (χ0v) is 9.94. The second kappa shape index (κ2) is 6.28. The van der Waals surface area contributed by atoms with Gasteiger partial charge in [-0.05, 0) is 38.1 Å². The molecule has 0 aliphatic rings. The van der Waals surface area contributed by atoms with Crippen LogP contribution in [-0.2, 0) is 17.6 Å². The van der Waals surface area contributed by atoms with Gasteiger partial charge in [-0.1, -0.05) is 24.3 Å². The molecule has 0 aliphatic heterocycles. The molecule has 0 aliphatic carbocycles. The summed E-state index contributed by atoms with van der Waals surface area (Å²) in [5.41, 5.74) is 2.39. The predicted molar refractivity (Wildman–Crippen MR) is 64.7 cm³/mol. The molecule has 16 heavy (non-hydrogen) atoms. The average molecular weight is 221 g/mol. The molecular formula is C13H19NO2. The minimum Gasteiger partial charge on any atom is -0.481 e. The van der Waals surface area contributed by atoms with Gasteiger partial charge in [0, 0.05) is 13.0 Å². The van der Waals surface area contributed by atoms with E-state index in [9.17, 15) is 4.79 Å². The van der Waals surface area contributed by atoms with Crippen LogP contribution in [0.4, 0.5) is 0 Å². The van der Waals surface area contributed by atoms with E-state index in [-0.39, 0.29) is 6.42 Å². The summed E-state index contributed by atoms with van der Waals surface area (Å²) in [5, 5.41) is 8.57. The molecule has 0 unspecified atom stereocenters. The Balaban J connectivity index is 2.44. The quantitative estimate of drug-likeness (QED) is 0.796. The highest BCUT2D eigenvalue weighted by molar-refractivity contribution is 5.67. The molecule has 1 aromatic rings. The summed E-state index contributed by atoms with van der Waals surface area (Å²) in [6, 6.07) is 8.21. The first kappa shape index (κ1) is 12.7. The van der Waals surface area contributed by atoms with Crippen LogP contribution in [0.25, 0.3) is 0 Å². The summed E-state index contributed by atoms with van der Waals surface area (Å²) < 4.78 is 0. The second-order valence-electron chi connectivity index (χ2n) is 4.26. The first-order valence-electron chi connectivity index (χ1n) is 5.52. The van der Waals surface area contributed by atoms with Crippen molar-refractivity contribution in [3.63, 3.8) is 0 Å². The van der Waals surface area contributed by atoms with Crippen LogP contribution in [0.15, 0.2) is 24.3 Å². The van der Waals surface area contributed by atoms with E-state index >= 15 is 0 Å². The van der Waals surface area contributed by atoms with Crippen molar-refractivity contribution in [1.29, 1.82) is 0 Å². The Kier molecular flexibility index (Phi) is 4.99. The molecule has 3 nitrogen and oxygen atoms in total. The minimum atomic E-state index is -0.739. The number of likely N-dealkylation sites (N-methyl/N-ethyl adjacent to an activating group) is 1. The van der Waals surface area contributed by atoms with Crippen LogP contribution >= 0.6 is 0 Å². The van der Waals surface area contributed by atoms with Crippen molar-refractivity contribution in [2.45, 2.75) is 19.3 Å². The molecule has 0 amide bonds. The van der Waals surface area contributed by atoms with E-state index in [2.05, 4.69) is 31.1 Å². The number of carboxylic acids is 1. The molecule has 1 rings (SSSR count). The van der Waals surface area contributed by atoms with E-state index in [1.807, 2.05) is 12.1 Å². The van der Waals surface area contributed by atoms with Gasteiger partial charge in [0.05, 0.1) is 0 Å². The van der Waals surface area contributed by atoms with Crippen molar-refractivity contribution >= 4 is 5.97 Å². The SMILES string of the molecule is CN(C)CCc1ccc(CCC(=O)O)cc1. The Morgan fingerprint density at radius 1 is 1.12 bits per heavy atom. The average Bonchev–Trinajstić information content (AvgIpc) is 2.25. The van der Waals surface area contributed by atoms with Crippen LogP contribution in [0.3, 0.4) is 0 Å². The molecule has 0 heterocycles. The van der Waals surface area contributed by atoms with Crippen LogP contribution in [0.5, 0.6) is 0 Å². The topological polar surface area (TPSA) is 40.5 Å². The largest absolute Gasteiger partial charge is 0.481 e. The van der Waals surface area contributed by atoms with Gasteiger partial charge >= 0.3 is 5.97 Å². The number of rotatable bonds is 6. The van der Waals surface area contributed by atoms with Gasteiger partial charge < -0.3 is 10.0 Å². The Morgan fingerprint density at radius 3 is 2.06 bits per heavy atom. The lowest BCUT2D eigenvalue weighted by molar-refractivity contribution is -0.136. The molecule has 3 heteroatoms. The fourth-order valence-corrected chi connectivity index (χ4v) is 1.48. The highest BCUT2D eigenvalue weighted by atomic mass is 16.4. The lowest BCUT2D eigenvalue weighted by atomic mass is 10.1. The van der Waals surface area contributed by atoms with Crippen molar-refractivity contribution < 1.29 is 9.90 Å². The molecule has 0 fully saturated rings. The molecule has 0 aromatic heterocycles. The molecule has 0 atom stereocenters. The maximum Gasteiger partial charge on any atom is 0.303 e. The van der Waals surface area contributed by atoms with Gasteiger partial charge in [-0.3, -0.25) is 4.79 Å². The maximum absolute atomic E-state index is 10.4. The van der Waals surface area contributed by atoms with Crippen LogP contribution in [0.1, 0.15) is 17.5 Å². The smallest absolute Gasteiger partial charge is 0.303 e. The van der Waals surface area contributed by atoms with Crippen molar-refractivity contribution in [3.05, 3.63) is 35.4 Å². The highest BCUT2D eigenvalue weighted by Gasteiger charge is 1.99. The number of benzene rings is 1. The zero-order valence-electron chi connectivity index (χ0n) is 9.94. The van der Waals surface area contributed by atoms with Crippen molar-refractivity contribution in [2.24, 2.45) is 0 Å². The third kappa shape index (κ3) is 4.94. The van der Waals surface area contributed by atoms with Crippen molar-refractivity contribution in [2.75, 3.05) is 20.6 Å². The molecule has 0 saturated heterocycles. The summed E-state index contributed by atoms with van der Waals surface area (Å²) in [4.78, 5) is 12.6. The number of nitrogens with zero attached hydrogens (tertiary/aromatic N) is 1. The van der Waals surface area contributed by atoms with Gasteiger partial charge in [-0.25, -0.2) is 0 Å². The van der Waals surface area contributed by atoms with Crippen molar-refractivity contribution in [1.82, 2.24) is 4.90 Å². The Labute approximate surface area is 96.7 Å². The lowest BCUT2D eigenvalue weighted by Crippen LogP contribution is -2.14. The number of hydrogen-bond donors (Lipinski definition) is 1. The van der Waals surface area contributed by atoms with Crippen molar-refractivity contribution in [3.8, 4) is 0 Å². The summed E-state index contributed by atoms with van der Waals surface area (Å²) >= 11 is 0. The Bertz CT molecular complexity index is 330. The van der Waals surface area contributed by atoms with Gasteiger partial charge in [0.2, 0.25) is 0 Å². The van der Waals surface area contributed by atoms with Crippen LogP contribution in [0, 0.1) is 0 Å². The summed E-state index contributed by atoms with van der Waals surface area (Å²) in [6.07, 6.45) is 1.85. The van der Waals surface area contributed by atoms with E-state index in [0.29, 0.717) is 6.42 Å². The van der Waals surface area contributed by atoms with E-state index in [0.717, 1.165) is 18.5 Å². The van der Waals surface area contributed by atoms with Gasteiger partial charge in [0.1, 0.15) is 0 Å². The molecule has 1 N–H and O–H groups in total.